The van der Waals surface area contributed by atoms with E-state index in [1.807, 2.05) is 23.5 Å². The quantitative estimate of drug-likeness (QED) is 0.187. The van der Waals surface area contributed by atoms with Crippen LogP contribution in [0.25, 0.3) is 65.7 Å². The number of benzene rings is 8. The molecule has 2 heteroatoms. The summed E-state index contributed by atoms with van der Waals surface area (Å²) in [5.41, 5.74) is 7.51. The lowest BCUT2D eigenvalue weighted by atomic mass is 9.90. The van der Waals surface area contributed by atoms with E-state index >= 15 is 0 Å². The van der Waals surface area contributed by atoms with Crippen LogP contribution in [0, 0.1) is 0 Å². The highest BCUT2D eigenvalue weighted by atomic mass is 32.2. The van der Waals surface area contributed by atoms with Crippen molar-refractivity contribution in [3.8, 4) is 33.4 Å². The van der Waals surface area contributed by atoms with Gasteiger partial charge in [0, 0.05) is 19.6 Å². The lowest BCUT2D eigenvalue weighted by Crippen LogP contribution is -1.92. The highest BCUT2D eigenvalue weighted by Crippen LogP contribution is 2.51. The minimum atomic E-state index is 1.23. The molecule has 0 saturated carbocycles. The molecule has 0 atom stereocenters. The average molecular weight is 595 g/mol. The second-order valence-corrected chi connectivity index (χ2v) is 13.4. The zero-order valence-corrected chi connectivity index (χ0v) is 25.5. The van der Waals surface area contributed by atoms with Gasteiger partial charge in [-0.2, -0.15) is 0 Å². The summed E-state index contributed by atoms with van der Waals surface area (Å²) in [5.74, 6) is 0. The summed E-state index contributed by atoms with van der Waals surface area (Å²) in [6, 6.07) is 57.9. The Morgan fingerprint density at radius 2 is 0.750 bits per heavy atom. The molecule has 1 aliphatic rings. The van der Waals surface area contributed by atoms with Gasteiger partial charge in [-0.15, -0.1) is 0 Å². The minimum Gasteiger partial charge on any atom is -0.0877 e. The number of hydrogen-bond donors (Lipinski definition) is 0. The molecule has 0 unspecified atom stereocenters. The lowest BCUT2D eigenvalue weighted by molar-refractivity contribution is 1.16. The van der Waals surface area contributed by atoms with Gasteiger partial charge in [0.1, 0.15) is 0 Å². The van der Waals surface area contributed by atoms with Gasteiger partial charge in [0.15, 0.2) is 0 Å². The van der Waals surface area contributed by atoms with Crippen LogP contribution in [0.2, 0.25) is 0 Å². The third kappa shape index (κ3) is 4.25. The first-order valence-electron chi connectivity index (χ1n) is 14.9. The third-order valence-electron chi connectivity index (χ3n) is 8.73. The maximum atomic E-state index is 2.38. The molecule has 0 bridgehead atoms. The molecule has 0 radical (unpaired) electrons. The van der Waals surface area contributed by atoms with E-state index in [9.17, 15) is 0 Å². The fraction of sp³-hybridized carbons (Fsp3) is 0. The van der Waals surface area contributed by atoms with E-state index < -0.39 is 0 Å². The first kappa shape index (κ1) is 25.7. The van der Waals surface area contributed by atoms with Gasteiger partial charge >= 0.3 is 0 Å². The molecule has 1 aliphatic heterocycles. The van der Waals surface area contributed by atoms with Crippen molar-refractivity contribution in [3.05, 3.63) is 158 Å². The molecule has 0 nitrogen and oxygen atoms in total. The summed E-state index contributed by atoms with van der Waals surface area (Å²) in [6.45, 7) is 0. The van der Waals surface area contributed by atoms with Crippen LogP contribution in [0.4, 0.5) is 0 Å². The molecule has 8 aromatic rings. The van der Waals surface area contributed by atoms with Crippen LogP contribution in [-0.2, 0) is 0 Å². The van der Waals surface area contributed by atoms with Crippen molar-refractivity contribution in [2.24, 2.45) is 0 Å². The van der Waals surface area contributed by atoms with Crippen molar-refractivity contribution in [1.82, 2.24) is 0 Å². The van der Waals surface area contributed by atoms with Crippen LogP contribution in [0.1, 0.15) is 0 Å². The zero-order valence-electron chi connectivity index (χ0n) is 23.8. The topological polar surface area (TPSA) is 0 Å². The molecule has 0 saturated heterocycles. The predicted molar refractivity (Wildman–Crippen MR) is 190 cm³/mol. The van der Waals surface area contributed by atoms with Crippen LogP contribution in [-0.4, -0.2) is 0 Å². The van der Waals surface area contributed by atoms with E-state index in [-0.39, 0.29) is 0 Å². The van der Waals surface area contributed by atoms with Crippen molar-refractivity contribution >= 4 is 55.8 Å². The fourth-order valence-corrected chi connectivity index (χ4v) is 8.97. The molecular formula is C42H26S2. The molecule has 0 aromatic heterocycles. The van der Waals surface area contributed by atoms with Crippen molar-refractivity contribution in [2.45, 2.75) is 19.6 Å². The van der Waals surface area contributed by atoms with Gasteiger partial charge in [0.05, 0.1) is 0 Å². The van der Waals surface area contributed by atoms with Gasteiger partial charge in [-0.25, -0.2) is 0 Å². The van der Waals surface area contributed by atoms with Crippen molar-refractivity contribution < 1.29 is 0 Å². The summed E-state index contributed by atoms with van der Waals surface area (Å²) < 4.78 is 0. The highest BCUT2D eigenvalue weighted by Gasteiger charge is 2.20. The Morgan fingerprint density at radius 3 is 1.45 bits per heavy atom. The molecular weight excluding hydrogens is 569 g/mol. The lowest BCUT2D eigenvalue weighted by Gasteiger charge is -2.21. The van der Waals surface area contributed by atoms with E-state index in [0.717, 1.165) is 0 Å². The van der Waals surface area contributed by atoms with E-state index in [2.05, 4.69) is 158 Å². The Hall–Kier alpha value is -4.76. The van der Waals surface area contributed by atoms with E-state index in [1.54, 1.807) is 0 Å². The molecule has 0 N–H and O–H groups in total. The summed E-state index contributed by atoms with van der Waals surface area (Å²) >= 11 is 3.76. The summed E-state index contributed by atoms with van der Waals surface area (Å²) in [6.07, 6.45) is 0. The monoisotopic (exact) mass is 594 g/mol. The maximum absolute atomic E-state index is 2.38. The van der Waals surface area contributed by atoms with Gasteiger partial charge in [-0.3, -0.25) is 0 Å². The van der Waals surface area contributed by atoms with Crippen LogP contribution in [0.5, 0.6) is 0 Å². The average Bonchev–Trinajstić information content (AvgIpc) is 3.10. The van der Waals surface area contributed by atoms with Gasteiger partial charge in [0.2, 0.25) is 0 Å². The summed E-state index contributed by atoms with van der Waals surface area (Å²) in [7, 11) is 0. The second kappa shape index (κ2) is 10.4. The van der Waals surface area contributed by atoms with Crippen molar-refractivity contribution in [2.75, 3.05) is 0 Å². The van der Waals surface area contributed by atoms with E-state index in [0.29, 0.717) is 0 Å². The molecule has 0 amide bonds. The van der Waals surface area contributed by atoms with Crippen LogP contribution >= 0.6 is 23.5 Å². The fourth-order valence-electron chi connectivity index (χ4n) is 6.56. The smallest absolute Gasteiger partial charge is 0.0340 e. The first-order chi connectivity index (χ1) is 21.8. The maximum Gasteiger partial charge on any atom is 0.0340 e. The predicted octanol–water partition coefficient (Wildman–Crippen LogP) is 12.8. The minimum absolute atomic E-state index is 1.23. The first-order valence-corrected chi connectivity index (χ1v) is 16.6. The Balaban J connectivity index is 1.14. The SMILES string of the molecule is c1ccc(-c2ccc3c(c2)c2ccccc2c2ccc(-c4ccc(-c5cccc6c5Sc5ccccc5S6)cc4)cc23)cc1. The Bertz CT molecular complexity index is 2370. The van der Waals surface area contributed by atoms with E-state index in [1.165, 1.54) is 85.3 Å². The van der Waals surface area contributed by atoms with Crippen LogP contribution < -0.4 is 0 Å². The van der Waals surface area contributed by atoms with Gasteiger partial charge < -0.3 is 0 Å². The van der Waals surface area contributed by atoms with Gasteiger partial charge in [0.25, 0.3) is 0 Å². The molecule has 1 heterocycles. The summed E-state index contributed by atoms with van der Waals surface area (Å²) in [4.78, 5) is 5.36. The van der Waals surface area contributed by atoms with E-state index in [4.69, 9.17) is 0 Å². The molecule has 44 heavy (non-hydrogen) atoms. The molecule has 0 aliphatic carbocycles. The third-order valence-corrected chi connectivity index (χ3v) is 11.3. The van der Waals surface area contributed by atoms with Gasteiger partial charge in [-0.05, 0) is 96.0 Å². The standard InChI is InChI=1S/C42H26S2/c1-2-9-27(10-3-1)30-22-24-36-37(25-30)34-12-5-4-11-33(34)35-23-21-31(26-38(35)36)28-17-19-29(20-18-28)32-13-8-16-41-42(32)44-40-15-7-6-14-39(40)43-41/h1-26H. The number of rotatable bonds is 3. The number of fused-ring (bicyclic) bond motifs is 8. The van der Waals surface area contributed by atoms with Crippen LogP contribution in [0.15, 0.2) is 177 Å². The largest absolute Gasteiger partial charge is 0.0877 e. The van der Waals surface area contributed by atoms with Crippen molar-refractivity contribution in [3.63, 3.8) is 0 Å². The second-order valence-electron chi connectivity index (χ2n) is 11.3. The Morgan fingerprint density at radius 1 is 0.273 bits per heavy atom. The Kier molecular flexibility index (Phi) is 6.11. The molecule has 0 spiro atoms. The zero-order chi connectivity index (χ0) is 29.0. The molecule has 8 aromatic carbocycles. The molecule has 9 rings (SSSR count). The Labute approximate surface area is 265 Å². The molecule has 206 valence electrons. The van der Waals surface area contributed by atoms with Crippen LogP contribution in [0.3, 0.4) is 0 Å². The van der Waals surface area contributed by atoms with Gasteiger partial charge in [-0.1, -0.05) is 151 Å². The normalized spacial score (nSPS) is 12.4. The number of hydrogen-bond acceptors (Lipinski definition) is 2. The summed E-state index contributed by atoms with van der Waals surface area (Å²) in [5, 5.41) is 7.79. The highest BCUT2D eigenvalue weighted by molar-refractivity contribution is 8.05. The van der Waals surface area contributed by atoms with Crippen molar-refractivity contribution in [1.29, 1.82) is 0 Å². The molecule has 0 fully saturated rings.